The standard InChI is InChI=1S/C26H22N2O5/c1-15-12-22-24(26(30)32-15)20(25(33-22)16-6-8-18(31-2)9-7-16)13-23(29)28-14-17-4-3-5-21-19(17)10-11-27-21/h3-12,27H,13-14H2,1-2H3,(H,28,29). The van der Waals surface area contributed by atoms with Crippen molar-refractivity contribution in [3.05, 3.63) is 88.1 Å². The highest BCUT2D eigenvalue weighted by Crippen LogP contribution is 2.33. The summed E-state index contributed by atoms with van der Waals surface area (Å²) in [7, 11) is 1.59. The Bertz CT molecular complexity index is 1520. The second kappa shape index (κ2) is 8.35. The van der Waals surface area contributed by atoms with Crippen molar-refractivity contribution in [1.82, 2.24) is 10.3 Å². The first-order valence-corrected chi connectivity index (χ1v) is 10.6. The number of hydrogen-bond acceptors (Lipinski definition) is 5. The van der Waals surface area contributed by atoms with Crippen LogP contribution in [0.1, 0.15) is 16.9 Å². The van der Waals surface area contributed by atoms with E-state index in [0.717, 1.165) is 22.0 Å². The molecule has 166 valence electrons. The van der Waals surface area contributed by atoms with E-state index in [1.807, 2.05) is 42.6 Å². The van der Waals surface area contributed by atoms with Crippen LogP contribution in [0.5, 0.6) is 5.75 Å². The maximum absolute atomic E-state index is 13.0. The Kier molecular flexibility index (Phi) is 5.22. The lowest BCUT2D eigenvalue weighted by molar-refractivity contribution is -0.120. The fourth-order valence-corrected chi connectivity index (χ4v) is 4.09. The predicted molar refractivity (Wildman–Crippen MR) is 125 cm³/mol. The molecule has 3 aromatic heterocycles. The van der Waals surface area contributed by atoms with Gasteiger partial charge >= 0.3 is 5.63 Å². The molecule has 0 saturated carbocycles. The lowest BCUT2D eigenvalue weighted by Crippen LogP contribution is -2.25. The quantitative estimate of drug-likeness (QED) is 0.397. The smallest absolute Gasteiger partial charge is 0.347 e. The third-order valence-electron chi connectivity index (χ3n) is 5.68. The van der Waals surface area contributed by atoms with Crippen LogP contribution in [0.25, 0.3) is 33.2 Å². The first kappa shape index (κ1) is 20.6. The minimum atomic E-state index is -0.520. The number of methoxy groups -OCH3 is 1. The summed E-state index contributed by atoms with van der Waals surface area (Å²) in [5.41, 5.74) is 3.13. The number of furan rings is 1. The summed E-state index contributed by atoms with van der Waals surface area (Å²) in [6, 6.07) is 16.8. The molecule has 2 N–H and O–H groups in total. The number of aryl methyl sites for hydroxylation is 1. The van der Waals surface area contributed by atoms with Gasteiger partial charge in [0.05, 0.1) is 13.5 Å². The molecule has 0 bridgehead atoms. The number of fused-ring (bicyclic) bond motifs is 2. The van der Waals surface area contributed by atoms with Crippen molar-refractivity contribution in [3.63, 3.8) is 0 Å². The maximum atomic E-state index is 13.0. The fraction of sp³-hybridized carbons (Fsp3) is 0.154. The van der Waals surface area contributed by atoms with Crippen LogP contribution in [0, 0.1) is 6.92 Å². The van der Waals surface area contributed by atoms with Crippen molar-refractivity contribution in [2.24, 2.45) is 0 Å². The third-order valence-corrected chi connectivity index (χ3v) is 5.68. The highest BCUT2D eigenvalue weighted by atomic mass is 16.5. The van der Waals surface area contributed by atoms with Crippen LogP contribution in [0.2, 0.25) is 0 Å². The number of aromatic amines is 1. The van der Waals surface area contributed by atoms with Crippen LogP contribution < -0.4 is 15.7 Å². The van der Waals surface area contributed by atoms with E-state index in [4.69, 9.17) is 13.6 Å². The van der Waals surface area contributed by atoms with Gasteiger partial charge in [0, 0.05) is 40.8 Å². The van der Waals surface area contributed by atoms with E-state index in [1.54, 1.807) is 32.2 Å². The lowest BCUT2D eigenvalue weighted by Gasteiger charge is -2.08. The van der Waals surface area contributed by atoms with E-state index >= 15 is 0 Å². The highest BCUT2D eigenvalue weighted by Gasteiger charge is 2.22. The van der Waals surface area contributed by atoms with Crippen LogP contribution >= 0.6 is 0 Å². The summed E-state index contributed by atoms with van der Waals surface area (Å²) >= 11 is 0. The largest absolute Gasteiger partial charge is 0.497 e. The summed E-state index contributed by atoms with van der Waals surface area (Å²) in [6.45, 7) is 2.06. The number of carbonyl (C=O) groups excluding carboxylic acids is 1. The molecule has 0 spiro atoms. The van der Waals surface area contributed by atoms with Gasteiger partial charge in [0.1, 0.15) is 28.2 Å². The summed E-state index contributed by atoms with van der Waals surface area (Å²) < 4.78 is 16.6. The van der Waals surface area contributed by atoms with E-state index in [9.17, 15) is 9.59 Å². The average Bonchev–Trinajstić information content (AvgIpc) is 3.43. The Hall–Kier alpha value is -4.26. The first-order valence-electron chi connectivity index (χ1n) is 10.6. The minimum absolute atomic E-state index is 0.0225. The highest BCUT2D eigenvalue weighted by molar-refractivity contribution is 5.92. The van der Waals surface area contributed by atoms with Crippen LogP contribution in [0.4, 0.5) is 0 Å². The lowest BCUT2D eigenvalue weighted by atomic mass is 10.0. The number of hydrogen-bond donors (Lipinski definition) is 2. The zero-order chi connectivity index (χ0) is 22.9. The molecule has 33 heavy (non-hydrogen) atoms. The first-order chi connectivity index (χ1) is 16.0. The normalized spacial score (nSPS) is 11.2. The van der Waals surface area contributed by atoms with Gasteiger partial charge in [0.2, 0.25) is 5.91 Å². The molecule has 7 heteroatoms. The molecule has 0 radical (unpaired) electrons. The van der Waals surface area contributed by atoms with Crippen molar-refractivity contribution in [1.29, 1.82) is 0 Å². The molecule has 7 nitrogen and oxygen atoms in total. The number of benzene rings is 2. The molecule has 5 aromatic rings. The van der Waals surface area contributed by atoms with Gasteiger partial charge in [-0.2, -0.15) is 0 Å². The summed E-state index contributed by atoms with van der Waals surface area (Å²) in [5.74, 6) is 1.38. The molecule has 0 saturated heterocycles. The molecule has 0 aliphatic rings. The molecule has 5 rings (SSSR count). The number of ether oxygens (including phenoxy) is 1. The molecule has 0 unspecified atom stereocenters. The van der Waals surface area contributed by atoms with E-state index in [2.05, 4.69) is 10.3 Å². The Morgan fingerprint density at radius 1 is 1.09 bits per heavy atom. The van der Waals surface area contributed by atoms with Crippen molar-refractivity contribution >= 4 is 27.8 Å². The Labute approximate surface area is 189 Å². The Morgan fingerprint density at radius 2 is 1.91 bits per heavy atom. The molecular formula is C26H22N2O5. The van der Waals surface area contributed by atoms with Crippen LogP contribution in [-0.4, -0.2) is 18.0 Å². The molecule has 0 atom stereocenters. The molecule has 0 aliphatic heterocycles. The minimum Gasteiger partial charge on any atom is -0.497 e. The molecule has 0 aliphatic carbocycles. The van der Waals surface area contributed by atoms with Crippen LogP contribution in [-0.2, 0) is 17.8 Å². The number of aromatic nitrogens is 1. The van der Waals surface area contributed by atoms with E-state index < -0.39 is 5.63 Å². The molecule has 3 heterocycles. The van der Waals surface area contributed by atoms with Gasteiger partial charge in [0.15, 0.2) is 0 Å². The number of nitrogens with one attached hydrogen (secondary N) is 2. The molecule has 1 amide bonds. The van der Waals surface area contributed by atoms with Crippen LogP contribution in [0.3, 0.4) is 0 Å². The average molecular weight is 442 g/mol. The topological polar surface area (TPSA) is 97.5 Å². The van der Waals surface area contributed by atoms with E-state index in [0.29, 0.717) is 35.0 Å². The van der Waals surface area contributed by atoms with E-state index in [1.165, 1.54) is 0 Å². The van der Waals surface area contributed by atoms with Gasteiger partial charge in [-0.3, -0.25) is 4.79 Å². The van der Waals surface area contributed by atoms with Gasteiger partial charge in [-0.1, -0.05) is 12.1 Å². The fourth-order valence-electron chi connectivity index (χ4n) is 4.09. The SMILES string of the molecule is COc1ccc(-c2oc3cc(C)oc(=O)c3c2CC(=O)NCc2cccc3[nH]ccc23)cc1. The van der Waals surface area contributed by atoms with Crippen molar-refractivity contribution in [2.75, 3.05) is 7.11 Å². The van der Waals surface area contributed by atoms with Gasteiger partial charge in [0.25, 0.3) is 0 Å². The summed E-state index contributed by atoms with van der Waals surface area (Å²) in [5, 5.41) is 4.31. The zero-order valence-corrected chi connectivity index (χ0v) is 18.2. The van der Waals surface area contributed by atoms with Crippen LogP contribution in [0.15, 0.2) is 74.4 Å². The Morgan fingerprint density at radius 3 is 2.70 bits per heavy atom. The van der Waals surface area contributed by atoms with Crippen molar-refractivity contribution < 1.29 is 18.4 Å². The molecule has 0 fully saturated rings. The second-order valence-electron chi connectivity index (χ2n) is 7.83. The third kappa shape index (κ3) is 3.89. The van der Waals surface area contributed by atoms with Gasteiger partial charge in [-0.25, -0.2) is 4.79 Å². The zero-order valence-electron chi connectivity index (χ0n) is 18.2. The molecule has 2 aromatic carbocycles. The predicted octanol–water partition coefficient (Wildman–Crippen LogP) is 4.71. The number of amides is 1. The van der Waals surface area contributed by atoms with Crippen molar-refractivity contribution in [2.45, 2.75) is 19.9 Å². The number of rotatable bonds is 6. The van der Waals surface area contributed by atoms with Gasteiger partial charge in [-0.05, 0) is 48.9 Å². The summed E-state index contributed by atoms with van der Waals surface area (Å²) in [4.78, 5) is 28.8. The maximum Gasteiger partial charge on any atom is 0.347 e. The summed E-state index contributed by atoms with van der Waals surface area (Å²) in [6.07, 6.45) is 1.85. The second-order valence-corrected chi connectivity index (χ2v) is 7.83. The monoisotopic (exact) mass is 442 g/mol. The van der Waals surface area contributed by atoms with Gasteiger partial charge in [-0.15, -0.1) is 0 Å². The number of H-pyrrole nitrogens is 1. The number of carbonyl (C=O) groups is 1. The van der Waals surface area contributed by atoms with Gasteiger partial charge < -0.3 is 23.9 Å². The Balaban J connectivity index is 1.48. The van der Waals surface area contributed by atoms with Crippen molar-refractivity contribution in [3.8, 4) is 17.1 Å². The van der Waals surface area contributed by atoms with E-state index in [-0.39, 0.29) is 17.7 Å². The molecular weight excluding hydrogens is 420 g/mol.